The van der Waals surface area contributed by atoms with E-state index >= 15 is 0 Å². The van der Waals surface area contributed by atoms with Gasteiger partial charge in [-0.3, -0.25) is 9.59 Å². The van der Waals surface area contributed by atoms with Gasteiger partial charge in [0.05, 0.1) is 25.4 Å². The Morgan fingerprint density at radius 3 is 1.44 bits per heavy atom. The number of esters is 1. The molecule has 0 aliphatic heterocycles. The quantitative estimate of drug-likeness (QED) is 0.0326. The van der Waals surface area contributed by atoms with Crippen molar-refractivity contribution in [3.8, 4) is 0 Å². The van der Waals surface area contributed by atoms with E-state index in [2.05, 4.69) is 55.6 Å². The molecule has 6 nitrogen and oxygen atoms in total. The van der Waals surface area contributed by atoms with Gasteiger partial charge in [0, 0.05) is 12.8 Å². The fourth-order valence-electron chi connectivity index (χ4n) is 6.96. The molecule has 2 atom stereocenters. The first-order valence-electron chi connectivity index (χ1n) is 23.7. The normalized spacial score (nSPS) is 13.0. The maximum absolute atomic E-state index is 12.4. The number of hydrogen-bond donors (Lipinski definition) is 3. The van der Waals surface area contributed by atoms with E-state index in [1.807, 2.05) is 0 Å². The maximum Gasteiger partial charge on any atom is 0.305 e. The van der Waals surface area contributed by atoms with E-state index in [9.17, 15) is 19.8 Å². The highest BCUT2D eigenvalue weighted by atomic mass is 16.5. The highest BCUT2D eigenvalue weighted by Crippen LogP contribution is 2.15. The van der Waals surface area contributed by atoms with E-state index in [0.29, 0.717) is 25.9 Å². The first kappa shape index (κ1) is 53.1. The van der Waals surface area contributed by atoms with Crippen LogP contribution in [0, 0.1) is 0 Å². The fourth-order valence-corrected chi connectivity index (χ4v) is 6.96. The Balaban J connectivity index is 3.52. The molecule has 0 saturated carbocycles. The average molecular weight is 774 g/mol. The molecule has 0 aliphatic carbocycles. The van der Waals surface area contributed by atoms with Crippen LogP contribution in [0.4, 0.5) is 0 Å². The second kappa shape index (κ2) is 44.8. The molecule has 0 aromatic heterocycles. The Hall–Kier alpha value is -1.92. The van der Waals surface area contributed by atoms with Crippen LogP contribution in [0.15, 0.2) is 36.5 Å². The average Bonchev–Trinajstić information content (AvgIpc) is 3.18. The third-order valence-electron chi connectivity index (χ3n) is 10.7. The number of unbranched alkanes of at least 4 members (excludes halogenated alkanes) is 26. The predicted molar refractivity (Wildman–Crippen MR) is 236 cm³/mol. The van der Waals surface area contributed by atoms with Crippen LogP contribution in [0.1, 0.15) is 239 Å². The van der Waals surface area contributed by atoms with Crippen LogP contribution >= 0.6 is 0 Å². The largest absolute Gasteiger partial charge is 0.466 e. The minimum absolute atomic E-state index is 0.0377. The molecule has 3 N–H and O–H groups in total. The lowest BCUT2D eigenvalue weighted by molar-refractivity contribution is -0.143. The second-order valence-electron chi connectivity index (χ2n) is 16.1. The molecule has 322 valence electrons. The number of carbonyl (C=O) groups excluding carboxylic acids is 2. The highest BCUT2D eigenvalue weighted by molar-refractivity contribution is 5.76. The number of aliphatic hydroxyl groups excluding tert-OH is 2. The summed E-state index contributed by atoms with van der Waals surface area (Å²) in [6.07, 6.45) is 52.4. The Morgan fingerprint density at radius 2 is 0.909 bits per heavy atom. The van der Waals surface area contributed by atoms with Crippen LogP contribution in [0.2, 0.25) is 0 Å². The maximum atomic E-state index is 12.4. The van der Waals surface area contributed by atoms with Crippen LogP contribution in [-0.2, 0) is 14.3 Å². The van der Waals surface area contributed by atoms with Gasteiger partial charge in [-0.1, -0.05) is 172 Å². The summed E-state index contributed by atoms with van der Waals surface area (Å²) in [5.74, 6) is -0.102. The molecule has 2 unspecified atom stereocenters. The van der Waals surface area contributed by atoms with E-state index in [1.165, 1.54) is 116 Å². The van der Waals surface area contributed by atoms with E-state index < -0.39 is 12.1 Å². The summed E-state index contributed by atoms with van der Waals surface area (Å²) in [5, 5.41) is 23.1. The van der Waals surface area contributed by atoms with Gasteiger partial charge in [0.1, 0.15) is 0 Å². The Labute approximate surface area is 341 Å². The molecule has 0 heterocycles. The number of nitrogens with one attached hydrogen (secondary N) is 1. The van der Waals surface area contributed by atoms with Crippen molar-refractivity contribution in [2.24, 2.45) is 0 Å². The van der Waals surface area contributed by atoms with E-state index in [4.69, 9.17) is 4.74 Å². The highest BCUT2D eigenvalue weighted by Gasteiger charge is 2.20. The van der Waals surface area contributed by atoms with Crippen LogP contribution in [-0.4, -0.2) is 47.4 Å². The molecule has 55 heavy (non-hydrogen) atoms. The minimum atomic E-state index is -0.679. The third-order valence-corrected chi connectivity index (χ3v) is 10.7. The van der Waals surface area contributed by atoms with E-state index in [-0.39, 0.29) is 18.5 Å². The fraction of sp³-hybridized carbons (Fsp3) is 0.837. The first-order chi connectivity index (χ1) is 27.0. The molecule has 0 radical (unpaired) electrons. The molecule has 0 aromatic rings. The van der Waals surface area contributed by atoms with Crippen molar-refractivity contribution in [2.75, 3.05) is 13.2 Å². The monoisotopic (exact) mass is 774 g/mol. The Kier molecular flexibility index (Phi) is 43.2. The summed E-state index contributed by atoms with van der Waals surface area (Å²) >= 11 is 0. The molecule has 0 fully saturated rings. The number of ether oxygens (including phenoxy) is 1. The van der Waals surface area contributed by atoms with Gasteiger partial charge in [0.2, 0.25) is 5.91 Å². The van der Waals surface area contributed by atoms with Crippen molar-refractivity contribution in [1.29, 1.82) is 0 Å². The van der Waals surface area contributed by atoms with E-state index in [1.54, 1.807) is 0 Å². The molecule has 1 amide bonds. The second-order valence-corrected chi connectivity index (χ2v) is 16.1. The standard InChI is InChI=1S/C49H91NO5/c1-3-5-7-9-11-13-15-16-17-18-23-27-31-35-39-43-49(54)55-44-40-36-32-28-24-20-19-22-26-30-34-38-42-48(53)50-46(45-51)47(52)41-37-33-29-25-21-14-12-10-8-6-4-2/h11,13,16-17,20,24,46-47,51-52H,3-10,12,14-15,18-19,21-23,25-45H2,1-2H3,(H,50,53)/b13-11-,17-16-,24-20-. The van der Waals surface area contributed by atoms with Gasteiger partial charge in [0.25, 0.3) is 0 Å². The van der Waals surface area contributed by atoms with Crippen molar-refractivity contribution in [1.82, 2.24) is 5.32 Å². The summed E-state index contributed by atoms with van der Waals surface area (Å²) in [4.78, 5) is 24.4. The third kappa shape index (κ3) is 41.5. The van der Waals surface area contributed by atoms with Crippen molar-refractivity contribution >= 4 is 11.9 Å². The van der Waals surface area contributed by atoms with Crippen molar-refractivity contribution < 1.29 is 24.5 Å². The van der Waals surface area contributed by atoms with Crippen LogP contribution < -0.4 is 5.32 Å². The zero-order chi connectivity index (χ0) is 40.1. The number of rotatable bonds is 43. The Morgan fingerprint density at radius 1 is 0.509 bits per heavy atom. The lowest BCUT2D eigenvalue weighted by Crippen LogP contribution is -2.45. The summed E-state index contributed by atoms with van der Waals surface area (Å²) in [5.41, 5.74) is 0. The Bertz CT molecular complexity index is 900. The van der Waals surface area contributed by atoms with Crippen LogP contribution in [0.25, 0.3) is 0 Å². The molecule has 0 aromatic carbocycles. The van der Waals surface area contributed by atoms with Crippen LogP contribution in [0.5, 0.6) is 0 Å². The lowest BCUT2D eigenvalue weighted by Gasteiger charge is -2.22. The number of amides is 1. The summed E-state index contributed by atoms with van der Waals surface area (Å²) in [6.45, 7) is 4.83. The van der Waals surface area contributed by atoms with Crippen LogP contribution in [0.3, 0.4) is 0 Å². The summed E-state index contributed by atoms with van der Waals surface area (Å²) in [7, 11) is 0. The zero-order valence-corrected chi connectivity index (χ0v) is 36.4. The number of hydrogen-bond acceptors (Lipinski definition) is 5. The van der Waals surface area contributed by atoms with Gasteiger partial charge < -0.3 is 20.3 Å². The summed E-state index contributed by atoms with van der Waals surface area (Å²) in [6, 6.07) is -0.559. The van der Waals surface area contributed by atoms with Gasteiger partial charge in [-0.25, -0.2) is 0 Å². The predicted octanol–water partition coefficient (Wildman–Crippen LogP) is 13.7. The van der Waals surface area contributed by atoms with Gasteiger partial charge in [-0.15, -0.1) is 0 Å². The SMILES string of the molecule is CCCCC/C=C\C/C=C\CCCCCCCC(=O)OCCCCC/C=C\CCCCCCCC(=O)NC(CO)C(O)CCCCCCCCCCCCC. The number of aliphatic hydroxyl groups is 2. The first-order valence-corrected chi connectivity index (χ1v) is 23.7. The minimum Gasteiger partial charge on any atom is -0.466 e. The summed E-state index contributed by atoms with van der Waals surface area (Å²) < 4.78 is 5.43. The topological polar surface area (TPSA) is 95.9 Å². The van der Waals surface area contributed by atoms with Gasteiger partial charge in [-0.05, 0) is 89.9 Å². The smallest absolute Gasteiger partial charge is 0.305 e. The molecular formula is C49H91NO5. The number of carbonyl (C=O) groups is 2. The van der Waals surface area contributed by atoms with E-state index in [0.717, 1.165) is 89.9 Å². The van der Waals surface area contributed by atoms with Crippen molar-refractivity contribution in [3.05, 3.63) is 36.5 Å². The van der Waals surface area contributed by atoms with Gasteiger partial charge >= 0.3 is 5.97 Å². The van der Waals surface area contributed by atoms with Crippen molar-refractivity contribution in [2.45, 2.75) is 251 Å². The van der Waals surface area contributed by atoms with Gasteiger partial charge in [-0.2, -0.15) is 0 Å². The van der Waals surface area contributed by atoms with Gasteiger partial charge in [0.15, 0.2) is 0 Å². The lowest BCUT2D eigenvalue weighted by atomic mass is 10.0. The molecule has 0 aliphatic rings. The molecule has 0 bridgehead atoms. The zero-order valence-electron chi connectivity index (χ0n) is 36.4. The van der Waals surface area contributed by atoms with Crippen molar-refractivity contribution in [3.63, 3.8) is 0 Å². The number of allylic oxidation sites excluding steroid dienone is 6. The molecule has 0 spiro atoms. The molecule has 6 heteroatoms. The molecule has 0 rings (SSSR count). The molecular weight excluding hydrogens is 683 g/mol. The molecule has 0 saturated heterocycles.